The van der Waals surface area contributed by atoms with Gasteiger partial charge in [0.1, 0.15) is 17.8 Å². The Balaban J connectivity index is 2.05. The maximum atomic E-state index is 11.9. The molecule has 2 aliphatic rings. The Morgan fingerprint density at radius 2 is 2.20 bits per heavy atom. The van der Waals surface area contributed by atoms with Gasteiger partial charge in [0.05, 0.1) is 12.7 Å². The lowest BCUT2D eigenvalue weighted by Crippen LogP contribution is -2.50. The van der Waals surface area contributed by atoms with Crippen LogP contribution in [0, 0.1) is 6.92 Å². The van der Waals surface area contributed by atoms with Crippen molar-refractivity contribution in [2.24, 2.45) is 0 Å². The van der Waals surface area contributed by atoms with Gasteiger partial charge in [0.25, 0.3) is 5.56 Å². The van der Waals surface area contributed by atoms with Crippen molar-refractivity contribution < 1.29 is 19.7 Å². The first-order chi connectivity index (χ1) is 9.40. The molecule has 2 saturated heterocycles. The van der Waals surface area contributed by atoms with E-state index >= 15 is 0 Å². The van der Waals surface area contributed by atoms with E-state index in [1.807, 2.05) is 0 Å². The molecule has 0 saturated carbocycles. The third-order valence-corrected chi connectivity index (χ3v) is 4.15. The number of hydrogen-bond donors (Lipinski definition) is 3. The minimum absolute atomic E-state index is 0.344. The average Bonchev–Trinajstić information content (AvgIpc) is 2.81. The fourth-order valence-electron chi connectivity index (χ4n) is 2.87. The molecule has 0 amide bonds. The molecule has 0 radical (unpaired) electrons. The van der Waals surface area contributed by atoms with E-state index in [9.17, 15) is 19.8 Å². The third kappa shape index (κ3) is 1.56. The third-order valence-electron chi connectivity index (χ3n) is 4.15. The standard InChI is InChI=1S/C12H16N2O6/c1-5-3-14(11(18)13-9(5)17)10-7-8(16)12(4-15,20-10)6(2)19-7/h3,6-8,10,15-16H,4H2,1-2H3,(H,13,17,18)/t6?,7-,8?,10+,12+/m0/s1. The Kier molecular flexibility index (Phi) is 2.87. The van der Waals surface area contributed by atoms with Crippen LogP contribution in [-0.2, 0) is 9.47 Å². The second-order valence-electron chi connectivity index (χ2n) is 5.29. The number of aliphatic hydroxyl groups excluding tert-OH is 2. The van der Waals surface area contributed by atoms with Gasteiger partial charge in [-0.25, -0.2) is 4.79 Å². The minimum Gasteiger partial charge on any atom is -0.393 e. The van der Waals surface area contributed by atoms with Crippen molar-refractivity contribution in [3.05, 3.63) is 32.6 Å². The highest BCUT2D eigenvalue weighted by Crippen LogP contribution is 2.47. The molecule has 8 heteroatoms. The lowest BCUT2D eigenvalue weighted by Gasteiger charge is -2.34. The number of aromatic nitrogens is 2. The van der Waals surface area contributed by atoms with E-state index in [-0.39, 0.29) is 0 Å². The summed E-state index contributed by atoms with van der Waals surface area (Å²) in [4.78, 5) is 25.4. The first kappa shape index (κ1) is 13.5. The molecule has 3 heterocycles. The molecule has 8 nitrogen and oxygen atoms in total. The number of aryl methyl sites for hydroxylation is 1. The van der Waals surface area contributed by atoms with Gasteiger partial charge < -0.3 is 19.7 Å². The number of H-pyrrole nitrogens is 1. The van der Waals surface area contributed by atoms with Crippen LogP contribution in [0.4, 0.5) is 0 Å². The fraction of sp³-hybridized carbons (Fsp3) is 0.667. The van der Waals surface area contributed by atoms with Crippen LogP contribution in [0.5, 0.6) is 0 Å². The highest BCUT2D eigenvalue weighted by molar-refractivity contribution is 5.12. The molecule has 5 atom stereocenters. The zero-order chi connectivity index (χ0) is 14.7. The predicted molar refractivity (Wildman–Crippen MR) is 66.3 cm³/mol. The first-order valence-electron chi connectivity index (χ1n) is 6.35. The second-order valence-corrected chi connectivity index (χ2v) is 5.29. The van der Waals surface area contributed by atoms with Gasteiger partial charge >= 0.3 is 5.69 Å². The molecule has 3 rings (SSSR count). The maximum Gasteiger partial charge on any atom is 0.330 e. The molecule has 2 fully saturated rings. The zero-order valence-corrected chi connectivity index (χ0v) is 11.1. The quantitative estimate of drug-likeness (QED) is 0.593. The molecule has 0 spiro atoms. The molecule has 20 heavy (non-hydrogen) atoms. The maximum absolute atomic E-state index is 11.9. The van der Waals surface area contributed by atoms with Crippen LogP contribution in [0.25, 0.3) is 0 Å². The Labute approximate surface area is 113 Å². The summed E-state index contributed by atoms with van der Waals surface area (Å²) in [5.41, 5.74) is -2.01. The van der Waals surface area contributed by atoms with Crippen LogP contribution in [0.3, 0.4) is 0 Å². The smallest absolute Gasteiger partial charge is 0.330 e. The molecule has 3 N–H and O–H groups in total. The van der Waals surface area contributed by atoms with Crippen molar-refractivity contribution in [2.45, 2.75) is 44.0 Å². The molecule has 110 valence electrons. The topological polar surface area (TPSA) is 114 Å². The van der Waals surface area contributed by atoms with Gasteiger partial charge in [-0.3, -0.25) is 14.3 Å². The van der Waals surface area contributed by atoms with Crippen molar-refractivity contribution in [2.75, 3.05) is 6.61 Å². The summed E-state index contributed by atoms with van der Waals surface area (Å²) in [5.74, 6) is 0. The van der Waals surface area contributed by atoms with Gasteiger partial charge in [-0.15, -0.1) is 0 Å². The Morgan fingerprint density at radius 3 is 2.80 bits per heavy atom. The van der Waals surface area contributed by atoms with Gasteiger partial charge in [-0.2, -0.15) is 0 Å². The van der Waals surface area contributed by atoms with Crippen LogP contribution < -0.4 is 11.2 Å². The van der Waals surface area contributed by atoms with E-state index in [1.54, 1.807) is 13.8 Å². The number of ether oxygens (including phenoxy) is 2. The van der Waals surface area contributed by atoms with Crippen molar-refractivity contribution in [3.8, 4) is 0 Å². The van der Waals surface area contributed by atoms with E-state index in [1.165, 1.54) is 10.8 Å². The van der Waals surface area contributed by atoms with E-state index in [4.69, 9.17) is 9.47 Å². The highest BCUT2D eigenvalue weighted by atomic mass is 16.7. The molecule has 0 aliphatic carbocycles. The second kappa shape index (κ2) is 4.26. The van der Waals surface area contributed by atoms with Crippen LogP contribution in [0.1, 0.15) is 18.7 Å². The summed E-state index contributed by atoms with van der Waals surface area (Å²) in [6.45, 7) is 2.83. The summed E-state index contributed by atoms with van der Waals surface area (Å²) in [6.07, 6.45) is -1.80. The van der Waals surface area contributed by atoms with Crippen molar-refractivity contribution >= 4 is 0 Å². The zero-order valence-electron chi connectivity index (χ0n) is 11.1. The number of hydrogen-bond acceptors (Lipinski definition) is 6. The van der Waals surface area contributed by atoms with Gasteiger partial charge in [0.2, 0.25) is 0 Å². The number of fused-ring (bicyclic) bond motifs is 2. The summed E-state index contributed by atoms with van der Waals surface area (Å²) < 4.78 is 12.4. The lowest BCUT2D eigenvalue weighted by molar-refractivity contribution is -0.218. The molecular formula is C12H16N2O6. The van der Waals surface area contributed by atoms with Gasteiger partial charge in [-0.1, -0.05) is 0 Å². The van der Waals surface area contributed by atoms with Crippen molar-refractivity contribution in [3.63, 3.8) is 0 Å². The number of aromatic amines is 1. The van der Waals surface area contributed by atoms with Crippen LogP contribution in [0.15, 0.2) is 15.8 Å². The van der Waals surface area contributed by atoms with E-state index in [0.717, 1.165) is 0 Å². The lowest BCUT2D eigenvalue weighted by atomic mass is 9.95. The van der Waals surface area contributed by atoms with E-state index in [0.29, 0.717) is 5.56 Å². The summed E-state index contributed by atoms with van der Waals surface area (Å²) >= 11 is 0. The minimum atomic E-state index is -1.24. The van der Waals surface area contributed by atoms with Crippen LogP contribution in [-0.4, -0.2) is 50.3 Å². The largest absolute Gasteiger partial charge is 0.393 e. The molecule has 2 bridgehead atoms. The number of aliphatic hydroxyl groups is 2. The molecule has 1 aromatic heterocycles. The molecule has 2 unspecified atom stereocenters. The molecule has 0 aromatic carbocycles. The van der Waals surface area contributed by atoms with Gasteiger partial charge in [0.15, 0.2) is 6.23 Å². The Bertz CT molecular complexity index is 652. The van der Waals surface area contributed by atoms with E-state index < -0.39 is 48.0 Å². The summed E-state index contributed by atoms with van der Waals surface area (Å²) in [6, 6.07) is 0. The molecular weight excluding hydrogens is 268 g/mol. The Morgan fingerprint density at radius 1 is 1.50 bits per heavy atom. The van der Waals surface area contributed by atoms with Crippen LogP contribution in [0.2, 0.25) is 0 Å². The Hall–Kier alpha value is -1.48. The first-order valence-corrected chi connectivity index (χ1v) is 6.35. The SMILES string of the molecule is Cc1cn([C@@H]2O[C@]3(CO)C(C)O[C@H]2C3O)c(=O)[nH]c1=O. The highest BCUT2D eigenvalue weighted by Gasteiger charge is 2.65. The van der Waals surface area contributed by atoms with Crippen molar-refractivity contribution in [1.82, 2.24) is 9.55 Å². The number of nitrogens with one attached hydrogen (secondary N) is 1. The number of rotatable bonds is 2. The van der Waals surface area contributed by atoms with Gasteiger partial charge in [0, 0.05) is 11.8 Å². The fourth-order valence-corrected chi connectivity index (χ4v) is 2.87. The number of nitrogens with zero attached hydrogens (tertiary/aromatic N) is 1. The monoisotopic (exact) mass is 284 g/mol. The summed E-state index contributed by atoms with van der Waals surface area (Å²) in [5, 5.41) is 19.7. The predicted octanol–water partition coefficient (Wildman–Crippen LogP) is -1.75. The van der Waals surface area contributed by atoms with Crippen molar-refractivity contribution in [1.29, 1.82) is 0 Å². The summed E-state index contributed by atoms with van der Waals surface area (Å²) in [7, 11) is 0. The van der Waals surface area contributed by atoms with Gasteiger partial charge in [-0.05, 0) is 13.8 Å². The average molecular weight is 284 g/mol. The van der Waals surface area contributed by atoms with E-state index in [2.05, 4.69) is 4.98 Å². The molecule has 2 aliphatic heterocycles. The molecule has 1 aromatic rings. The van der Waals surface area contributed by atoms with Crippen LogP contribution >= 0.6 is 0 Å². The normalized spacial score (nSPS) is 39.4.